The van der Waals surface area contributed by atoms with Crippen LogP contribution in [0.25, 0.3) is 6.08 Å². The number of hydrogen-bond acceptors (Lipinski definition) is 4. The number of hydrogen-bond donors (Lipinski definition) is 2. The zero-order valence-corrected chi connectivity index (χ0v) is 22.4. The molecule has 0 saturated heterocycles. The van der Waals surface area contributed by atoms with Crippen LogP contribution < -0.4 is 10.6 Å². The normalized spacial score (nSPS) is 13.6. The molecule has 7 heteroatoms. The number of ether oxygens (including phenoxy) is 1. The van der Waals surface area contributed by atoms with E-state index in [9.17, 15) is 14.4 Å². The molecule has 2 aromatic carbocycles. The molecule has 0 spiro atoms. The maximum Gasteiger partial charge on any atom is 0.408 e. The first-order valence-corrected chi connectivity index (χ1v) is 12.3. The van der Waals surface area contributed by atoms with Gasteiger partial charge in [0.1, 0.15) is 17.7 Å². The van der Waals surface area contributed by atoms with Gasteiger partial charge >= 0.3 is 6.09 Å². The van der Waals surface area contributed by atoms with Crippen LogP contribution >= 0.6 is 0 Å². The van der Waals surface area contributed by atoms with Gasteiger partial charge in [-0.05, 0) is 76.8 Å². The molecule has 2 aromatic rings. The van der Waals surface area contributed by atoms with Gasteiger partial charge in [0.05, 0.1) is 0 Å². The molecule has 2 N–H and O–H groups in total. The van der Waals surface area contributed by atoms with Crippen molar-refractivity contribution < 1.29 is 19.1 Å². The first kappa shape index (κ1) is 28.6. The van der Waals surface area contributed by atoms with Gasteiger partial charge in [-0.25, -0.2) is 4.79 Å². The number of anilines is 1. The van der Waals surface area contributed by atoms with Crippen LogP contribution in [-0.2, 0) is 14.3 Å². The molecule has 2 rings (SSSR count). The fraction of sp³-hybridized carbons (Fsp3) is 0.414. The summed E-state index contributed by atoms with van der Waals surface area (Å²) in [6.07, 6.45) is 1.62. The fourth-order valence-corrected chi connectivity index (χ4v) is 3.77. The first-order valence-electron chi connectivity index (χ1n) is 12.3. The first-order chi connectivity index (χ1) is 16.9. The lowest BCUT2D eigenvalue weighted by molar-refractivity contribution is -0.143. The number of aryl methyl sites for hydroxylation is 1. The third-order valence-electron chi connectivity index (χ3n) is 5.82. The van der Waals surface area contributed by atoms with Gasteiger partial charge in [0, 0.05) is 11.7 Å². The van der Waals surface area contributed by atoms with Crippen molar-refractivity contribution in [1.82, 2.24) is 10.2 Å². The summed E-state index contributed by atoms with van der Waals surface area (Å²) in [6.45, 7) is 16.4. The van der Waals surface area contributed by atoms with E-state index < -0.39 is 23.8 Å². The van der Waals surface area contributed by atoms with Crippen LogP contribution in [0.2, 0.25) is 0 Å². The number of amides is 3. The minimum Gasteiger partial charge on any atom is -0.444 e. The quantitative estimate of drug-likeness (QED) is 0.458. The van der Waals surface area contributed by atoms with Crippen LogP contribution in [0.1, 0.15) is 70.7 Å². The number of rotatable bonds is 9. The molecule has 0 aromatic heterocycles. The molecule has 0 aliphatic rings. The molecule has 3 amide bonds. The Morgan fingerprint density at radius 2 is 1.75 bits per heavy atom. The van der Waals surface area contributed by atoms with Crippen molar-refractivity contribution in [2.45, 2.75) is 78.6 Å². The predicted molar refractivity (Wildman–Crippen MR) is 145 cm³/mol. The van der Waals surface area contributed by atoms with Gasteiger partial charge in [-0.15, -0.1) is 0 Å². The average Bonchev–Trinajstić information content (AvgIpc) is 2.81. The Bertz CT molecular complexity index is 1090. The number of alkyl carbamates (subject to hydrolysis) is 1. The van der Waals surface area contributed by atoms with Crippen LogP contribution in [-0.4, -0.2) is 40.5 Å². The Morgan fingerprint density at radius 3 is 2.33 bits per heavy atom. The van der Waals surface area contributed by atoms with E-state index in [1.165, 1.54) is 0 Å². The number of para-hydroxylation sites is 1. The largest absolute Gasteiger partial charge is 0.444 e. The Labute approximate surface area is 214 Å². The number of nitrogens with one attached hydrogen (secondary N) is 2. The minimum absolute atomic E-state index is 0.291. The van der Waals surface area contributed by atoms with Crippen molar-refractivity contribution in [2.24, 2.45) is 0 Å². The second kappa shape index (κ2) is 12.4. The fourth-order valence-electron chi connectivity index (χ4n) is 3.77. The number of nitrogens with zero attached hydrogens (tertiary/aromatic N) is 1. The standard InChI is InChI=1S/C29H39N3O4/c1-9-20(4)32(27(34)21(5)30-28(35)36-29(6,7)8)25(23-16-13-15-22(10-2)18-23)26(33)31-24-17-12-11-14-19(24)3/h10-18,20-21,25H,2,9H2,1,3-8H3,(H,30,35)(H,31,33). The van der Waals surface area contributed by atoms with Crippen molar-refractivity contribution in [3.63, 3.8) is 0 Å². The smallest absolute Gasteiger partial charge is 0.408 e. The SMILES string of the molecule is C=Cc1cccc(C(C(=O)Nc2ccccc2C)N(C(=O)C(C)NC(=O)OC(C)(C)C)C(C)CC)c1. The summed E-state index contributed by atoms with van der Waals surface area (Å²) < 4.78 is 5.33. The molecule has 0 radical (unpaired) electrons. The zero-order chi connectivity index (χ0) is 27.0. The maximum atomic E-state index is 13.8. The van der Waals surface area contributed by atoms with Crippen LogP contribution in [0.15, 0.2) is 55.1 Å². The maximum absolute atomic E-state index is 13.8. The van der Waals surface area contributed by atoms with Crippen molar-refractivity contribution in [3.8, 4) is 0 Å². The summed E-state index contributed by atoms with van der Waals surface area (Å²) in [5.41, 5.74) is 2.36. The Morgan fingerprint density at radius 1 is 1.08 bits per heavy atom. The molecule has 0 aliphatic heterocycles. The van der Waals surface area contributed by atoms with E-state index in [1.54, 1.807) is 38.7 Å². The van der Waals surface area contributed by atoms with E-state index in [0.29, 0.717) is 17.7 Å². The molecule has 0 fully saturated rings. The lowest BCUT2D eigenvalue weighted by Crippen LogP contribution is -2.53. The Balaban J connectivity index is 2.51. The number of carbonyl (C=O) groups excluding carboxylic acids is 3. The van der Waals surface area contributed by atoms with Gasteiger partial charge in [0.2, 0.25) is 5.91 Å². The minimum atomic E-state index is -0.935. The van der Waals surface area contributed by atoms with E-state index in [4.69, 9.17) is 4.74 Å². The van der Waals surface area contributed by atoms with Crippen molar-refractivity contribution in [2.75, 3.05) is 5.32 Å². The molecule has 0 aliphatic carbocycles. The highest BCUT2D eigenvalue weighted by molar-refractivity contribution is 5.99. The zero-order valence-electron chi connectivity index (χ0n) is 22.4. The van der Waals surface area contributed by atoms with E-state index >= 15 is 0 Å². The molecular weight excluding hydrogens is 454 g/mol. The molecule has 7 nitrogen and oxygen atoms in total. The molecule has 194 valence electrons. The van der Waals surface area contributed by atoms with E-state index in [2.05, 4.69) is 17.2 Å². The third-order valence-corrected chi connectivity index (χ3v) is 5.82. The molecule has 0 saturated carbocycles. The summed E-state index contributed by atoms with van der Waals surface area (Å²) in [5, 5.41) is 5.62. The second-order valence-corrected chi connectivity index (χ2v) is 9.95. The van der Waals surface area contributed by atoms with Crippen LogP contribution in [0.4, 0.5) is 10.5 Å². The summed E-state index contributed by atoms with van der Waals surface area (Å²) in [6, 6.07) is 12.7. The van der Waals surface area contributed by atoms with Gasteiger partial charge in [-0.3, -0.25) is 9.59 Å². The van der Waals surface area contributed by atoms with Crippen molar-refractivity contribution in [3.05, 3.63) is 71.8 Å². The third kappa shape index (κ3) is 7.70. The van der Waals surface area contributed by atoms with Gasteiger partial charge in [0.25, 0.3) is 5.91 Å². The Kier molecular flexibility index (Phi) is 9.84. The lowest BCUT2D eigenvalue weighted by Gasteiger charge is -2.37. The Hall–Kier alpha value is -3.61. The number of benzene rings is 2. The van der Waals surface area contributed by atoms with Crippen LogP contribution in [0, 0.1) is 6.92 Å². The predicted octanol–water partition coefficient (Wildman–Crippen LogP) is 5.86. The average molecular weight is 494 g/mol. The molecular formula is C29H39N3O4. The second-order valence-electron chi connectivity index (χ2n) is 9.95. The van der Waals surface area contributed by atoms with E-state index in [0.717, 1.165) is 11.1 Å². The summed E-state index contributed by atoms with van der Waals surface area (Å²) in [5.74, 6) is -0.729. The van der Waals surface area contributed by atoms with Crippen molar-refractivity contribution >= 4 is 29.7 Å². The molecule has 36 heavy (non-hydrogen) atoms. The molecule has 0 heterocycles. The van der Waals surface area contributed by atoms with Crippen LogP contribution in [0.5, 0.6) is 0 Å². The molecule has 0 bridgehead atoms. The van der Waals surface area contributed by atoms with Gasteiger partial charge in [-0.2, -0.15) is 0 Å². The summed E-state index contributed by atoms with van der Waals surface area (Å²) in [7, 11) is 0. The topological polar surface area (TPSA) is 87.7 Å². The number of carbonyl (C=O) groups is 3. The van der Waals surface area contributed by atoms with E-state index in [1.807, 2.05) is 69.3 Å². The summed E-state index contributed by atoms with van der Waals surface area (Å²) in [4.78, 5) is 41.5. The molecule has 3 atom stereocenters. The van der Waals surface area contributed by atoms with Gasteiger partial charge in [0.15, 0.2) is 0 Å². The highest BCUT2D eigenvalue weighted by Crippen LogP contribution is 2.29. The van der Waals surface area contributed by atoms with E-state index in [-0.39, 0.29) is 17.9 Å². The van der Waals surface area contributed by atoms with Gasteiger partial charge < -0.3 is 20.3 Å². The highest BCUT2D eigenvalue weighted by Gasteiger charge is 2.37. The highest BCUT2D eigenvalue weighted by atomic mass is 16.6. The monoisotopic (exact) mass is 493 g/mol. The lowest BCUT2D eigenvalue weighted by atomic mass is 9.98. The van der Waals surface area contributed by atoms with Gasteiger partial charge in [-0.1, -0.05) is 56.0 Å². The van der Waals surface area contributed by atoms with Crippen LogP contribution in [0.3, 0.4) is 0 Å². The van der Waals surface area contributed by atoms with Crippen molar-refractivity contribution in [1.29, 1.82) is 0 Å². The summed E-state index contributed by atoms with van der Waals surface area (Å²) >= 11 is 0. The molecule has 3 unspecified atom stereocenters.